The van der Waals surface area contributed by atoms with Gasteiger partial charge in [-0.15, -0.1) is 0 Å². The van der Waals surface area contributed by atoms with E-state index in [2.05, 4.69) is 108 Å². The number of benzene rings is 4. The molecule has 1 aliphatic carbocycles. The summed E-state index contributed by atoms with van der Waals surface area (Å²) in [6.45, 7) is 0.684. The summed E-state index contributed by atoms with van der Waals surface area (Å²) >= 11 is 0. The minimum atomic E-state index is -2.85. The second kappa shape index (κ2) is 20.7. The van der Waals surface area contributed by atoms with Crippen molar-refractivity contribution in [2.24, 2.45) is 0 Å². The Morgan fingerprint density at radius 1 is 0.478 bits per heavy atom. The van der Waals surface area contributed by atoms with Gasteiger partial charge in [0, 0.05) is 56.1 Å². The highest BCUT2D eigenvalue weighted by molar-refractivity contribution is 5.46. The number of halogens is 2. The number of aromatic nitrogens is 7. The Labute approximate surface area is 401 Å². The number of alkyl halides is 2. The van der Waals surface area contributed by atoms with Crippen LogP contribution < -0.4 is 26.0 Å². The maximum Gasteiger partial charge on any atom is 0.387 e. The van der Waals surface area contributed by atoms with Gasteiger partial charge in [0.05, 0.1) is 35.7 Å². The van der Waals surface area contributed by atoms with Crippen molar-refractivity contribution in [2.45, 2.75) is 75.0 Å². The fourth-order valence-electron chi connectivity index (χ4n) is 9.78. The molecular weight excluding hydrogens is 869 g/mol. The van der Waals surface area contributed by atoms with E-state index in [1.807, 2.05) is 76.4 Å². The zero-order chi connectivity index (χ0) is 47.1. The zero-order valence-electron chi connectivity index (χ0n) is 38.5. The third-order valence-corrected chi connectivity index (χ3v) is 13.6. The summed E-state index contributed by atoms with van der Waals surface area (Å²) in [6, 6.07) is 48.6. The maximum absolute atomic E-state index is 12.4. The lowest BCUT2D eigenvalue weighted by Crippen LogP contribution is -2.33. The van der Waals surface area contributed by atoms with Crippen LogP contribution in [0, 0.1) is 0 Å². The molecule has 14 heteroatoms. The third kappa shape index (κ3) is 10.6. The number of rotatable bonds is 13. The smallest absolute Gasteiger partial charge is 0.387 e. The Morgan fingerprint density at radius 3 is 1.28 bits per heavy atom. The predicted molar refractivity (Wildman–Crippen MR) is 267 cm³/mol. The highest BCUT2D eigenvalue weighted by Crippen LogP contribution is 2.39. The molecule has 4 N–H and O–H groups in total. The van der Waals surface area contributed by atoms with Crippen molar-refractivity contribution in [3.8, 4) is 5.75 Å². The van der Waals surface area contributed by atoms with Crippen LogP contribution in [0.4, 0.5) is 31.9 Å². The Bertz CT molecular complexity index is 2770. The van der Waals surface area contributed by atoms with Crippen LogP contribution in [0.3, 0.4) is 0 Å². The van der Waals surface area contributed by atoms with E-state index in [0.717, 1.165) is 91.7 Å². The molecule has 2 saturated heterocycles. The molecule has 4 aromatic heterocycles. The van der Waals surface area contributed by atoms with E-state index < -0.39 is 6.61 Å². The van der Waals surface area contributed by atoms with Crippen molar-refractivity contribution in [1.82, 2.24) is 34.5 Å². The van der Waals surface area contributed by atoms with Gasteiger partial charge in [-0.25, -0.2) is 24.3 Å². The van der Waals surface area contributed by atoms with Crippen molar-refractivity contribution >= 4 is 23.1 Å². The quantitative estimate of drug-likeness (QED) is 0.115. The van der Waals surface area contributed by atoms with Crippen LogP contribution in [0.1, 0.15) is 108 Å². The van der Waals surface area contributed by atoms with Crippen LogP contribution in [0.2, 0.25) is 0 Å². The molecule has 0 unspecified atom stereocenters. The molecule has 0 radical (unpaired) electrons. The molecule has 4 aromatic carbocycles. The summed E-state index contributed by atoms with van der Waals surface area (Å²) in [7, 11) is 0. The van der Waals surface area contributed by atoms with E-state index >= 15 is 0 Å². The first-order chi connectivity index (χ1) is 33.8. The van der Waals surface area contributed by atoms with Crippen molar-refractivity contribution in [3.05, 3.63) is 204 Å². The zero-order valence-corrected chi connectivity index (χ0v) is 38.5. The third-order valence-electron chi connectivity index (χ3n) is 13.6. The number of anilines is 4. The number of ether oxygens (including phenoxy) is 1. The number of pyridine rings is 1. The van der Waals surface area contributed by atoms with Gasteiger partial charge in [-0.1, -0.05) is 121 Å². The first kappa shape index (κ1) is 45.2. The molecule has 69 heavy (non-hydrogen) atoms. The van der Waals surface area contributed by atoms with Crippen LogP contribution in [0.15, 0.2) is 164 Å². The summed E-state index contributed by atoms with van der Waals surface area (Å²) in [5, 5.41) is 10.1. The number of nitrogens with zero attached hydrogens (tertiary/aromatic N) is 9. The van der Waals surface area contributed by atoms with Gasteiger partial charge in [0.1, 0.15) is 41.1 Å². The van der Waals surface area contributed by atoms with Gasteiger partial charge in [0.2, 0.25) is 0 Å². The Morgan fingerprint density at radius 2 is 0.899 bits per heavy atom. The van der Waals surface area contributed by atoms with Crippen LogP contribution in [-0.4, -0.2) is 67.3 Å². The molecular formula is C55H57F2N11O. The van der Waals surface area contributed by atoms with Crippen molar-refractivity contribution in [2.75, 3.05) is 47.4 Å². The van der Waals surface area contributed by atoms with Gasteiger partial charge in [0.25, 0.3) is 0 Å². The summed E-state index contributed by atoms with van der Waals surface area (Å²) in [5.74, 6) is 4.44. The lowest BCUT2D eigenvalue weighted by atomic mass is 9.93. The predicted octanol–water partition coefficient (Wildman–Crippen LogP) is 10.6. The second-order valence-corrected chi connectivity index (χ2v) is 18.2. The van der Waals surface area contributed by atoms with E-state index in [1.54, 1.807) is 6.07 Å². The van der Waals surface area contributed by atoms with Gasteiger partial charge in [-0.2, -0.15) is 19.0 Å². The van der Waals surface area contributed by atoms with E-state index in [9.17, 15) is 8.78 Å². The summed E-state index contributed by atoms with van der Waals surface area (Å²) < 4.78 is 33.1. The summed E-state index contributed by atoms with van der Waals surface area (Å²) in [5.41, 5.74) is 20.9. The molecule has 3 aliphatic rings. The molecule has 6 heterocycles. The fourth-order valence-corrected chi connectivity index (χ4v) is 9.78. The molecule has 0 atom stereocenters. The molecule has 1 saturated carbocycles. The van der Waals surface area contributed by atoms with E-state index in [4.69, 9.17) is 21.7 Å². The lowest BCUT2D eigenvalue weighted by molar-refractivity contribution is -0.0500. The van der Waals surface area contributed by atoms with Gasteiger partial charge >= 0.3 is 6.61 Å². The molecule has 0 amide bonds. The normalized spacial score (nSPS) is 15.7. The monoisotopic (exact) mass is 925 g/mol. The SMILES string of the molecule is Nc1cc(C2CCN(c3ccc(OC(F)F)cn3)CC2)nn1C(c1ccccc1)c1ccccc1.Nc1cc(C2CCN(c3cnc(C4CC4)nc3)CC2)nn1C(c1ccccc1)c1ccccc1. The van der Waals surface area contributed by atoms with Gasteiger partial charge in [-0.3, -0.25) is 0 Å². The topological polar surface area (TPSA) is 142 Å². The van der Waals surface area contributed by atoms with Crippen molar-refractivity contribution < 1.29 is 13.5 Å². The number of nitrogens with two attached hydrogens (primary N) is 2. The van der Waals surface area contributed by atoms with Gasteiger partial charge in [-0.05, 0) is 72.9 Å². The molecule has 3 fully saturated rings. The Kier molecular flexibility index (Phi) is 13.6. The largest absolute Gasteiger partial charge is 0.433 e. The minimum absolute atomic E-state index is 0.0432. The van der Waals surface area contributed by atoms with E-state index in [1.165, 1.54) is 36.2 Å². The lowest BCUT2D eigenvalue weighted by Gasteiger charge is -2.32. The average Bonchev–Trinajstić information content (AvgIpc) is 4.09. The molecule has 8 aromatic rings. The molecule has 11 rings (SSSR count). The van der Waals surface area contributed by atoms with Gasteiger partial charge < -0.3 is 26.0 Å². The molecule has 12 nitrogen and oxygen atoms in total. The summed E-state index contributed by atoms with van der Waals surface area (Å²) in [4.78, 5) is 18.0. The average molecular weight is 926 g/mol. The fraction of sp³-hybridized carbons (Fsp3) is 0.291. The molecule has 352 valence electrons. The van der Waals surface area contributed by atoms with Crippen molar-refractivity contribution in [1.29, 1.82) is 0 Å². The van der Waals surface area contributed by atoms with E-state index in [0.29, 0.717) is 23.5 Å². The summed E-state index contributed by atoms with van der Waals surface area (Å²) in [6.07, 6.45) is 11.7. The molecule has 2 aliphatic heterocycles. The Hall–Kier alpha value is -7.61. The minimum Gasteiger partial charge on any atom is -0.433 e. The van der Waals surface area contributed by atoms with Gasteiger partial charge in [0.15, 0.2) is 0 Å². The maximum atomic E-state index is 12.4. The number of nitrogen functional groups attached to an aromatic ring is 2. The highest BCUT2D eigenvalue weighted by atomic mass is 19.3. The van der Waals surface area contributed by atoms with Crippen LogP contribution >= 0.6 is 0 Å². The molecule has 0 bridgehead atoms. The standard InChI is InChI=1S/C28H30N6.C27H27F2N5O/c29-26-17-25(20-13-15-33(16-14-20)24-18-30-28(31-19-24)23-11-12-23)32-34(26)27(21-7-3-1-4-8-21)22-9-5-2-6-10-22;28-27(29)35-22-11-12-25(31-18-22)33-15-13-19(14-16-33)23-17-24(30)34(32-23)26(20-7-3-1-4-8-20)21-9-5-2-6-10-21/h1-10,17-20,23,27H,11-16,29H2;1-12,17-19,26-27H,13-16,30H2. The van der Waals surface area contributed by atoms with Crippen LogP contribution in [-0.2, 0) is 0 Å². The van der Waals surface area contributed by atoms with Crippen molar-refractivity contribution in [3.63, 3.8) is 0 Å². The van der Waals surface area contributed by atoms with E-state index in [-0.39, 0.29) is 23.8 Å². The van der Waals surface area contributed by atoms with Crippen LogP contribution in [0.25, 0.3) is 0 Å². The number of hydrogen-bond acceptors (Lipinski definition) is 10. The first-order valence-corrected chi connectivity index (χ1v) is 24.0. The second-order valence-electron chi connectivity index (χ2n) is 18.2. The highest BCUT2D eigenvalue weighted by Gasteiger charge is 2.30. The number of hydrogen-bond donors (Lipinski definition) is 2. The van der Waals surface area contributed by atoms with Crippen LogP contribution in [0.5, 0.6) is 5.75 Å². The first-order valence-electron chi connectivity index (χ1n) is 24.0. The molecule has 0 spiro atoms. The number of piperidine rings is 2. The Balaban J connectivity index is 0.000000160.